The van der Waals surface area contributed by atoms with Gasteiger partial charge < -0.3 is 14.7 Å². The van der Waals surface area contributed by atoms with E-state index in [2.05, 4.69) is 30.9 Å². The average Bonchev–Trinajstić information content (AvgIpc) is 3.34. The quantitative estimate of drug-likeness (QED) is 0.668. The van der Waals surface area contributed by atoms with Gasteiger partial charge in [-0.05, 0) is 56.0 Å². The van der Waals surface area contributed by atoms with Crippen LogP contribution < -0.4 is 0 Å². The molecule has 1 aliphatic carbocycles. The van der Waals surface area contributed by atoms with Crippen LogP contribution in [0.1, 0.15) is 49.0 Å². The number of rotatable bonds is 7. The maximum Gasteiger partial charge on any atom is 0.490 e. The molecular weight excluding hydrogens is 425 g/mol. The number of ether oxygens (including phenoxy) is 1. The summed E-state index contributed by atoms with van der Waals surface area (Å²) < 4.78 is 37.3. The lowest BCUT2D eigenvalue weighted by atomic mass is 9.99. The number of carboxylic acid groups (broad SMARTS) is 1. The van der Waals surface area contributed by atoms with Gasteiger partial charge in [-0.2, -0.15) is 13.2 Å². The second-order valence-corrected chi connectivity index (χ2v) is 8.35. The van der Waals surface area contributed by atoms with Gasteiger partial charge in [0, 0.05) is 38.2 Å². The predicted molar refractivity (Wildman–Crippen MR) is 114 cm³/mol. The molecule has 0 spiro atoms. The van der Waals surface area contributed by atoms with Gasteiger partial charge in [0.15, 0.2) is 0 Å². The van der Waals surface area contributed by atoms with Crippen LogP contribution >= 0.6 is 0 Å². The van der Waals surface area contributed by atoms with Gasteiger partial charge in [-0.15, -0.1) is 0 Å². The Morgan fingerprint density at radius 3 is 2.28 bits per heavy atom. The Kier molecular flexibility index (Phi) is 9.51. The van der Waals surface area contributed by atoms with Crippen LogP contribution in [-0.2, 0) is 16.1 Å². The van der Waals surface area contributed by atoms with Crippen LogP contribution in [0.3, 0.4) is 0 Å². The fourth-order valence-electron chi connectivity index (χ4n) is 4.53. The van der Waals surface area contributed by atoms with Crippen LogP contribution in [0.15, 0.2) is 24.3 Å². The highest BCUT2D eigenvalue weighted by atomic mass is 19.4. The van der Waals surface area contributed by atoms with Crippen LogP contribution in [-0.4, -0.2) is 72.4 Å². The number of carboxylic acids is 1. The molecule has 1 heterocycles. The number of nitrogens with zero attached hydrogens (tertiary/aromatic N) is 2. The van der Waals surface area contributed by atoms with Gasteiger partial charge in [0.2, 0.25) is 0 Å². The lowest BCUT2D eigenvalue weighted by Crippen LogP contribution is -2.31. The van der Waals surface area contributed by atoms with Crippen LogP contribution in [0.4, 0.5) is 13.2 Å². The second kappa shape index (κ2) is 11.7. The number of hydrogen-bond acceptors (Lipinski definition) is 4. The van der Waals surface area contributed by atoms with Crippen LogP contribution in [0.2, 0.25) is 0 Å². The molecule has 180 valence electrons. The minimum absolute atomic E-state index is 0.178. The van der Waals surface area contributed by atoms with E-state index in [-0.39, 0.29) is 5.91 Å². The zero-order chi connectivity index (χ0) is 23.9. The third-order valence-corrected chi connectivity index (χ3v) is 6.22. The summed E-state index contributed by atoms with van der Waals surface area (Å²) in [5.74, 6) is -1.43. The number of alkyl halides is 3. The van der Waals surface area contributed by atoms with Crippen molar-refractivity contribution in [3.05, 3.63) is 35.4 Å². The van der Waals surface area contributed by atoms with E-state index in [1.807, 2.05) is 17.0 Å². The van der Waals surface area contributed by atoms with Crippen molar-refractivity contribution in [2.45, 2.75) is 51.9 Å². The summed E-state index contributed by atoms with van der Waals surface area (Å²) in [6.07, 6.45) is -1.24. The molecule has 0 unspecified atom stereocenters. The third kappa shape index (κ3) is 6.93. The Balaban J connectivity index is 0.000000451. The monoisotopic (exact) mass is 458 g/mol. The van der Waals surface area contributed by atoms with E-state index in [1.165, 1.54) is 18.4 Å². The first-order valence-electron chi connectivity index (χ1n) is 11.0. The number of methoxy groups -OCH3 is 1. The molecule has 3 rings (SSSR count). The Labute approximate surface area is 187 Å². The van der Waals surface area contributed by atoms with Crippen LogP contribution in [0, 0.1) is 11.8 Å². The van der Waals surface area contributed by atoms with Gasteiger partial charge in [0.1, 0.15) is 0 Å². The average molecular weight is 459 g/mol. The number of likely N-dealkylation sites (tertiary alicyclic amines) is 1. The summed E-state index contributed by atoms with van der Waals surface area (Å²) in [6.45, 7) is 9.30. The molecule has 1 saturated heterocycles. The molecule has 1 aromatic rings. The minimum Gasteiger partial charge on any atom is -0.475 e. The smallest absolute Gasteiger partial charge is 0.475 e. The number of benzene rings is 1. The topological polar surface area (TPSA) is 70.1 Å². The molecule has 0 aromatic heterocycles. The summed E-state index contributed by atoms with van der Waals surface area (Å²) in [5, 5.41) is 7.12. The van der Waals surface area contributed by atoms with Crippen molar-refractivity contribution < 1.29 is 32.6 Å². The number of fused-ring (bicyclic) bond motifs is 1. The molecule has 1 N–H and O–H groups in total. The maximum atomic E-state index is 12.8. The standard InChI is InChI=1S/C21H32N2O2.C2HF3O2/c1-4-12-22(5-2)13-16-6-8-17(9-7-16)21(24)23-14-18-10-11-20(25-3)19(18)15-23;3-2(4,5)1(6)7/h6-9,18-20H,4-5,10-15H2,1-3H3;(H,6,7)/t18-,19+,20-;/m0./s1. The van der Waals surface area contributed by atoms with Crippen LogP contribution in [0.25, 0.3) is 0 Å². The summed E-state index contributed by atoms with van der Waals surface area (Å²) in [6, 6.07) is 8.22. The molecule has 32 heavy (non-hydrogen) atoms. The molecule has 1 saturated carbocycles. The summed E-state index contributed by atoms with van der Waals surface area (Å²) in [5.41, 5.74) is 2.10. The number of carbonyl (C=O) groups is 2. The van der Waals surface area contributed by atoms with Crippen molar-refractivity contribution in [1.29, 1.82) is 0 Å². The molecule has 2 aliphatic rings. The highest BCUT2D eigenvalue weighted by Crippen LogP contribution is 2.39. The first-order valence-corrected chi connectivity index (χ1v) is 11.0. The van der Waals surface area contributed by atoms with E-state index in [4.69, 9.17) is 14.6 Å². The molecule has 9 heteroatoms. The summed E-state index contributed by atoms with van der Waals surface area (Å²) in [7, 11) is 1.80. The van der Waals surface area contributed by atoms with Gasteiger partial charge in [-0.1, -0.05) is 26.0 Å². The number of aliphatic carboxylic acids is 1. The Morgan fingerprint density at radius 1 is 1.16 bits per heavy atom. The molecule has 1 amide bonds. The Hall–Kier alpha value is -2.13. The third-order valence-electron chi connectivity index (χ3n) is 6.22. The van der Waals surface area contributed by atoms with E-state index in [0.717, 1.165) is 44.7 Å². The number of amides is 1. The highest BCUT2D eigenvalue weighted by Gasteiger charge is 2.44. The van der Waals surface area contributed by atoms with Crippen molar-refractivity contribution in [2.24, 2.45) is 11.8 Å². The Bertz CT molecular complexity index is 755. The van der Waals surface area contributed by atoms with E-state index < -0.39 is 12.1 Å². The molecule has 0 bridgehead atoms. The normalized spacial score (nSPS) is 22.5. The largest absolute Gasteiger partial charge is 0.490 e. The first-order chi connectivity index (χ1) is 15.1. The molecule has 0 radical (unpaired) electrons. The molecular formula is C23H33F3N2O4. The summed E-state index contributed by atoms with van der Waals surface area (Å²) in [4.78, 5) is 26.2. The highest BCUT2D eigenvalue weighted by molar-refractivity contribution is 5.94. The van der Waals surface area contributed by atoms with E-state index in [0.29, 0.717) is 17.9 Å². The zero-order valence-corrected chi connectivity index (χ0v) is 18.9. The van der Waals surface area contributed by atoms with Crippen molar-refractivity contribution in [3.8, 4) is 0 Å². The maximum absolute atomic E-state index is 12.8. The predicted octanol–water partition coefficient (Wildman–Crippen LogP) is 4.05. The lowest BCUT2D eigenvalue weighted by molar-refractivity contribution is -0.192. The SMILES string of the molecule is CCCN(CC)Cc1ccc(C(=O)N2C[C@@H]3CC[C@H](OC)[C@@H]3C2)cc1.O=C(O)C(F)(F)F. The van der Waals surface area contributed by atoms with E-state index in [9.17, 15) is 18.0 Å². The molecule has 2 fully saturated rings. The fourth-order valence-corrected chi connectivity index (χ4v) is 4.53. The number of hydrogen-bond donors (Lipinski definition) is 1. The van der Waals surface area contributed by atoms with Gasteiger partial charge in [0.25, 0.3) is 5.91 Å². The van der Waals surface area contributed by atoms with Crippen LogP contribution in [0.5, 0.6) is 0 Å². The molecule has 1 aliphatic heterocycles. The first kappa shape index (κ1) is 26.1. The van der Waals surface area contributed by atoms with E-state index >= 15 is 0 Å². The minimum atomic E-state index is -5.08. The van der Waals surface area contributed by atoms with Crippen molar-refractivity contribution in [2.75, 3.05) is 33.3 Å². The van der Waals surface area contributed by atoms with Crippen molar-refractivity contribution in [3.63, 3.8) is 0 Å². The van der Waals surface area contributed by atoms with Gasteiger partial charge in [-0.25, -0.2) is 4.79 Å². The van der Waals surface area contributed by atoms with E-state index in [1.54, 1.807) is 7.11 Å². The molecule has 3 atom stereocenters. The number of carbonyl (C=O) groups excluding carboxylic acids is 1. The fraction of sp³-hybridized carbons (Fsp3) is 0.652. The Morgan fingerprint density at radius 2 is 1.78 bits per heavy atom. The lowest BCUT2D eigenvalue weighted by Gasteiger charge is -2.21. The molecule has 1 aromatic carbocycles. The number of halogens is 3. The zero-order valence-electron chi connectivity index (χ0n) is 18.9. The molecule has 6 nitrogen and oxygen atoms in total. The van der Waals surface area contributed by atoms with Gasteiger partial charge in [0.05, 0.1) is 6.10 Å². The van der Waals surface area contributed by atoms with Crippen molar-refractivity contribution >= 4 is 11.9 Å². The van der Waals surface area contributed by atoms with Crippen molar-refractivity contribution in [1.82, 2.24) is 9.80 Å². The van der Waals surface area contributed by atoms with Gasteiger partial charge in [-0.3, -0.25) is 9.69 Å². The summed E-state index contributed by atoms with van der Waals surface area (Å²) >= 11 is 0. The van der Waals surface area contributed by atoms with Gasteiger partial charge >= 0.3 is 12.1 Å². The second-order valence-electron chi connectivity index (χ2n) is 8.35.